The summed E-state index contributed by atoms with van der Waals surface area (Å²) >= 11 is 1.51. The highest BCUT2D eigenvalue weighted by Gasteiger charge is 2.14. The second-order valence-electron chi connectivity index (χ2n) is 4.72. The molecule has 5 heteroatoms. The number of amides is 1. The van der Waals surface area contributed by atoms with Crippen LogP contribution in [0.15, 0.2) is 18.2 Å². The first-order chi connectivity index (χ1) is 9.55. The van der Waals surface area contributed by atoms with Crippen molar-refractivity contribution in [1.29, 1.82) is 0 Å². The Kier molecular flexibility index (Phi) is 4.52. The van der Waals surface area contributed by atoms with Gasteiger partial charge in [-0.2, -0.15) is 0 Å². The Morgan fingerprint density at radius 2 is 2.15 bits per heavy atom. The molecule has 4 nitrogen and oxygen atoms in total. The fourth-order valence-electron chi connectivity index (χ4n) is 2.10. The van der Waals surface area contributed by atoms with E-state index in [-0.39, 0.29) is 12.5 Å². The van der Waals surface area contributed by atoms with Crippen molar-refractivity contribution >= 4 is 22.4 Å². The Morgan fingerprint density at radius 3 is 2.75 bits per heavy atom. The zero-order valence-corrected chi connectivity index (χ0v) is 12.8. The number of rotatable bonds is 4. The monoisotopic (exact) mass is 289 g/mol. The maximum Gasteiger partial charge on any atom is 0.239 e. The average Bonchev–Trinajstić information content (AvgIpc) is 2.81. The minimum Gasteiger partial charge on any atom is -0.322 e. The first-order valence-electron chi connectivity index (χ1n) is 6.62. The van der Waals surface area contributed by atoms with E-state index in [2.05, 4.69) is 49.3 Å². The highest BCUT2D eigenvalue weighted by atomic mass is 32.1. The summed E-state index contributed by atoms with van der Waals surface area (Å²) < 4.78 is 0. The number of aryl methyl sites for hydroxylation is 3. The van der Waals surface area contributed by atoms with Gasteiger partial charge in [-0.15, -0.1) is 11.3 Å². The zero-order chi connectivity index (χ0) is 14.7. The molecule has 0 aliphatic heterocycles. The van der Waals surface area contributed by atoms with Crippen LogP contribution < -0.4 is 11.1 Å². The molecule has 1 aromatic carbocycles. The Hall–Kier alpha value is -1.72. The lowest BCUT2D eigenvalue weighted by Gasteiger charge is -2.05. The molecule has 0 atom stereocenters. The first-order valence-corrected chi connectivity index (χ1v) is 7.44. The van der Waals surface area contributed by atoms with Gasteiger partial charge in [-0.3, -0.25) is 4.79 Å². The number of hydrogen-bond donors (Lipinski definition) is 2. The predicted molar refractivity (Wildman–Crippen MR) is 84.1 cm³/mol. The van der Waals surface area contributed by atoms with Crippen molar-refractivity contribution in [3.8, 4) is 11.3 Å². The van der Waals surface area contributed by atoms with Crippen LogP contribution in [0.3, 0.4) is 0 Å². The molecule has 1 heterocycles. The van der Waals surface area contributed by atoms with Crippen LogP contribution in [0.25, 0.3) is 11.3 Å². The van der Waals surface area contributed by atoms with E-state index >= 15 is 0 Å². The van der Waals surface area contributed by atoms with Crippen LogP contribution in [-0.2, 0) is 11.2 Å². The molecule has 1 aromatic heterocycles. The minimum absolute atomic E-state index is 0.0278. The molecule has 2 aromatic rings. The lowest BCUT2D eigenvalue weighted by molar-refractivity contribution is -0.114. The van der Waals surface area contributed by atoms with Crippen LogP contribution in [0.5, 0.6) is 0 Å². The molecule has 0 saturated carbocycles. The lowest BCUT2D eigenvalue weighted by atomic mass is 10.0. The highest BCUT2D eigenvalue weighted by Crippen LogP contribution is 2.33. The molecule has 2 rings (SSSR count). The summed E-state index contributed by atoms with van der Waals surface area (Å²) in [5.41, 5.74) is 9.83. The number of nitrogens with zero attached hydrogens (tertiary/aromatic N) is 1. The molecule has 20 heavy (non-hydrogen) atoms. The number of nitrogens with one attached hydrogen (secondary N) is 1. The summed E-state index contributed by atoms with van der Waals surface area (Å²) in [6, 6.07) is 6.32. The number of nitrogens with two attached hydrogens (primary N) is 1. The summed E-state index contributed by atoms with van der Waals surface area (Å²) in [4.78, 5) is 17.1. The normalized spacial score (nSPS) is 10.6. The molecular formula is C15H19N3OS. The summed E-state index contributed by atoms with van der Waals surface area (Å²) in [5, 5.41) is 3.35. The lowest BCUT2D eigenvalue weighted by Crippen LogP contribution is -2.21. The van der Waals surface area contributed by atoms with E-state index in [1.54, 1.807) is 0 Å². The number of carbonyl (C=O) groups is 1. The smallest absolute Gasteiger partial charge is 0.239 e. The Morgan fingerprint density at radius 1 is 1.40 bits per heavy atom. The maximum atomic E-state index is 11.4. The van der Waals surface area contributed by atoms with Gasteiger partial charge < -0.3 is 11.1 Å². The van der Waals surface area contributed by atoms with E-state index in [0.29, 0.717) is 5.13 Å². The van der Waals surface area contributed by atoms with Crippen molar-refractivity contribution < 1.29 is 4.79 Å². The van der Waals surface area contributed by atoms with Gasteiger partial charge in [-0.1, -0.05) is 30.7 Å². The Labute approximate surface area is 123 Å². The second-order valence-corrected chi connectivity index (χ2v) is 5.80. The minimum atomic E-state index is -0.214. The Bertz CT molecular complexity index is 634. The molecular weight excluding hydrogens is 270 g/mol. The second kappa shape index (κ2) is 6.15. The quantitative estimate of drug-likeness (QED) is 0.909. The fourth-order valence-corrected chi connectivity index (χ4v) is 3.04. The van der Waals surface area contributed by atoms with Gasteiger partial charge in [0.05, 0.1) is 12.2 Å². The standard InChI is InChI=1S/C15H19N3OS/c1-4-12-14(11-6-5-9(2)7-10(11)3)18-15(20-12)17-13(19)8-16/h5-7H,4,8,16H2,1-3H3,(H,17,18,19). The predicted octanol–water partition coefficient (Wildman–Crippen LogP) is 2.89. The van der Waals surface area contributed by atoms with Crippen LogP contribution in [0.1, 0.15) is 22.9 Å². The first kappa shape index (κ1) is 14.7. The third-order valence-electron chi connectivity index (χ3n) is 3.09. The van der Waals surface area contributed by atoms with Crippen molar-refractivity contribution in [3.05, 3.63) is 34.2 Å². The topological polar surface area (TPSA) is 68.0 Å². The number of aromatic nitrogens is 1. The van der Waals surface area contributed by atoms with Crippen LogP contribution in [0, 0.1) is 13.8 Å². The van der Waals surface area contributed by atoms with Gasteiger partial charge in [0.2, 0.25) is 5.91 Å². The molecule has 0 unspecified atom stereocenters. The molecule has 0 spiro atoms. The molecule has 0 bridgehead atoms. The van der Waals surface area contributed by atoms with E-state index in [4.69, 9.17) is 5.73 Å². The van der Waals surface area contributed by atoms with Gasteiger partial charge in [0.15, 0.2) is 5.13 Å². The summed E-state index contributed by atoms with van der Waals surface area (Å²) in [6.07, 6.45) is 0.888. The fraction of sp³-hybridized carbons (Fsp3) is 0.333. The number of hydrogen-bond acceptors (Lipinski definition) is 4. The van der Waals surface area contributed by atoms with Gasteiger partial charge in [0.25, 0.3) is 0 Å². The van der Waals surface area contributed by atoms with E-state index in [1.165, 1.54) is 27.3 Å². The van der Waals surface area contributed by atoms with Gasteiger partial charge in [-0.05, 0) is 25.8 Å². The largest absolute Gasteiger partial charge is 0.322 e. The average molecular weight is 289 g/mol. The van der Waals surface area contributed by atoms with Crippen LogP contribution in [0.2, 0.25) is 0 Å². The van der Waals surface area contributed by atoms with Gasteiger partial charge in [0.1, 0.15) is 0 Å². The molecule has 0 aliphatic rings. The maximum absolute atomic E-state index is 11.4. The van der Waals surface area contributed by atoms with Gasteiger partial charge in [-0.25, -0.2) is 4.98 Å². The number of benzene rings is 1. The Balaban J connectivity index is 2.42. The van der Waals surface area contributed by atoms with Crippen molar-refractivity contribution in [2.45, 2.75) is 27.2 Å². The highest BCUT2D eigenvalue weighted by molar-refractivity contribution is 7.16. The summed E-state index contributed by atoms with van der Waals surface area (Å²) in [5.74, 6) is -0.214. The van der Waals surface area contributed by atoms with E-state index in [9.17, 15) is 4.79 Å². The molecule has 106 valence electrons. The SMILES string of the molecule is CCc1sc(NC(=O)CN)nc1-c1ccc(C)cc1C. The molecule has 0 fully saturated rings. The van der Waals surface area contributed by atoms with Crippen LogP contribution >= 0.6 is 11.3 Å². The van der Waals surface area contributed by atoms with Gasteiger partial charge >= 0.3 is 0 Å². The molecule has 0 saturated heterocycles. The summed E-state index contributed by atoms with van der Waals surface area (Å²) in [6.45, 7) is 6.22. The van der Waals surface area contributed by atoms with Crippen molar-refractivity contribution in [3.63, 3.8) is 0 Å². The molecule has 0 radical (unpaired) electrons. The van der Waals surface area contributed by atoms with E-state index < -0.39 is 0 Å². The van der Waals surface area contributed by atoms with Crippen molar-refractivity contribution in [1.82, 2.24) is 4.98 Å². The van der Waals surface area contributed by atoms with E-state index in [0.717, 1.165) is 17.7 Å². The zero-order valence-electron chi connectivity index (χ0n) is 12.0. The van der Waals surface area contributed by atoms with Crippen LogP contribution in [-0.4, -0.2) is 17.4 Å². The third kappa shape index (κ3) is 3.05. The number of carbonyl (C=O) groups excluding carboxylic acids is 1. The number of anilines is 1. The third-order valence-corrected chi connectivity index (χ3v) is 4.20. The number of thiazole rings is 1. The van der Waals surface area contributed by atoms with Gasteiger partial charge in [0, 0.05) is 10.4 Å². The molecule has 1 amide bonds. The molecule has 0 aliphatic carbocycles. The van der Waals surface area contributed by atoms with Crippen molar-refractivity contribution in [2.24, 2.45) is 5.73 Å². The van der Waals surface area contributed by atoms with Crippen molar-refractivity contribution in [2.75, 3.05) is 11.9 Å². The van der Waals surface area contributed by atoms with Crippen LogP contribution in [0.4, 0.5) is 5.13 Å². The van der Waals surface area contributed by atoms with E-state index in [1.807, 2.05) is 0 Å². The molecule has 3 N–H and O–H groups in total. The summed E-state index contributed by atoms with van der Waals surface area (Å²) in [7, 11) is 0.